The van der Waals surface area contributed by atoms with Crippen molar-refractivity contribution in [3.05, 3.63) is 33.9 Å². The van der Waals surface area contributed by atoms with Gasteiger partial charge in [0.25, 0.3) is 11.6 Å². The number of benzene rings is 1. The molecule has 1 aromatic carbocycles. The first kappa shape index (κ1) is 18.8. The molecule has 136 valence electrons. The van der Waals surface area contributed by atoms with Crippen molar-refractivity contribution >= 4 is 27.4 Å². The van der Waals surface area contributed by atoms with E-state index in [0.717, 1.165) is 24.5 Å². The van der Waals surface area contributed by atoms with Crippen LogP contribution in [0.2, 0.25) is 0 Å². The van der Waals surface area contributed by atoms with E-state index in [-0.39, 0.29) is 23.0 Å². The van der Waals surface area contributed by atoms with Gasteiger partial charge >= 0.3 is 5.97 Å². The van der Waals surface area contributed by atoms with Crippen LogP contribution >= 0.6 is 0 Å². The Labute approximate surface area is 144 Å². The van der Waals surface area contributed by atoms with Gasteiger partial charge in [0.05, 0.1) is 15.7 Å². The number of carboxylic acid groups (broad SMARTS) is 1. The minimum absolute atomic E-state index is 0.0459. The molecule has 0 spiro atoms. The predicted octanol–water partition coefficient (Wildman–Crippen LogP) is 1.32. The first-order valence-electron chi connectivity index (χ1n) is 7.54. The lowest BCUT2D eigenvalue weighted by atomic mass is 10.1. The topological polar surface area (TPSA) is 135 Å². The molecule has 1 atom stereocenters. The Morgan fingerprint density at radius 1 is 1.36 bits per heavy atom. The summed E-state index contributed by atoms with van der Waals surface area (Å²) in [5, 5.41) is 20.1. The van der Waals surface area contributed by atoms with Crippen LogP contribution in [-0.4, -0.2) is 54.1 Å². The highest BCUT2D eigenvalue weighted by atomic mass is 32.2. The molecule has 0 saturated heterocycles. The van der Waals surface area contributed by atoms with Crippen molar-refractivity contribution < 1.29 is 28.0 Å². The number of carboxylic acids is 1. The van der Waals surface area contributed by atoms with Crippen molar-refractivity contribution in [2.45, 2.75) is 30.7 Å². The quantitative estimate of drug-likeness (QED) is 0.565. The third-order valence-corrected chi connectivity index (χ3v) is 5.01. The van der Waals surface area contributed by atoms with Gasteiger partial charge in [-0.2, -0.15) is 0 Å². The number of carbonyl (C=O) groups excluding carboxylic acids is 1. The van der Waals surface area contributed by atoms with Gasteiger partial charge in [0, 0.05) is 36.5 Å². The second-order valence-corrected chi connectivity index (χ2v) is 8.19. The predicted molar refractivity (Wildman–Crippen MR) is 87.1 cm³/mol. The Morgan fingerprint density at radius 2 is 1.96 bits per heavy atom. The lowest BCUT2D eigenvalue weighted by molar-refractivity contribution is -0.385. The SMILES string of the molecule is CC(CN(C(=O)c1cc([N+](=O)[O-])cc(S(C)(=O)=O)c1)C1CC1)C(=O)O. The molecule has 25 heavy (non-hydrogen) atoms. The Morgan fingerprint density at radius 3 is 2.40 bits per heavy atom. The van der Waals surface area contributed by atoms with Gasteiger partial charge in [0.2, 0.25) is 0 Å². The van der Waals surface area contributed by atoms with Crippen LogP contribution < -0.4 is 0 Å². The first-order chi connectivity index (χ1) is 11.5. The van der Waals surface area contributed by atoms with Gasteiger partial charge in [0.15, 0.2) is 9.84 Å². The fourth-order valence-electron chi connectivity index (χ4n) is 2.35. The molecule has 0 bridgehead atoms. The Balaban J connectivity index is 2.43. The van der Waals surface area contributed by atoms with Crippen LogP contribution in [0.4, 0.5) is 5.69 Å². The Hall–Kier alpha value is -2.49. The van der Waals surface area contributed by atoms with Crippen LogP contribution in [0, 0.1) is 16.0 Å². The number of nitro benzene ring substituents is 1. The molecule has 10 heteroatoms. The Kier molecular flexibility index (Phi) is 5.12. The van der Waals surface area contributed by atoms with Crippen LogP contribution in [0.1, 0.15) is 30.1 Å². The van der Waals surface area contributed by atoms with E-state index in [4.69, 9.17) is 5.11 Å². The van der Waals surface area contributed by atoms with E-state index < -0.39 is 38.2 Å². The van der Waals surface area contributed by atoms with E-state index in [9.17, 15) is 28.1 Å². The average molecular weight is 370 g/mol. The van der Waals surface area contributed by atoms with E-state index in [2.05, 4.69) is 0 Å². The van der Waals surface area contributed by atoms with E-state index in [1.807, 2.05) is 0 Å². The molecule has 9 nitrogen and oxygen atoms in total. The highest BCUT2D eigenvalue weighted by Crippen LogP contribution is 2.30. The van der Waals surface area contributed by atoms with Crippen molar-refractivity contribution in [2.75, 3.05) is 12.8 Å². The van der Waals surface area contributed by atoms with Crippen LogP contribution in [0.15, 0.2) is 23.1 Å². The molecule has 0 radical (unpaired) electrons. The Bertz CT molecular complexity index is 830. The zero-order valence-corrected chi connectivity index (χ0v) is 14.5. The van der Waals surface area contributed by atoms with Gasteiger partial charge in [-0.05, 0) is 18.9 Å². The smallest absolute Gasteiger partial charge is 0.308 e. The number of hydrogen-bond acceptors (Lipinski definition) is 6. The monoisotopic (exact) mass is 370 g/mol. The molecular formula is C15H18N2O7S. The fourth-order valence-corrected chi connectivity index (χ4v) is 3.03. The van der Waals surface area contributed by atoms with Crippen molar-refractivity contribution in [1.29, 1.82) is 0 Å². The number of carbonyl (C=O) groups is 2. The van der Waals surface area contributed by atoms with Gasteiger partial charge in [0.1, 0.15) is 0 Å². The number of nitrogens with zero attached hydrogens (tertiary/aromatic N) is 2. The minimum Gasteiger partial charge on any atom is -0.481 e. The molecule has 1 saturated carbocycles. The number of sulfone groups is 1. The third-order valence-electron chi connectivity index (χ3n) is 3.92. The van der Waals surface area contributed by atoms with Crippen LogP contribution in [0.5, 0.6) is 0 Å². The summed E-state index contributed by atoms with van der Waals surface area (Å²) in [6.45, 7) is 1.41. The van der Waals surface area contributed by atoms with E-state index in [1.54, 1.807) is 0 Å². The summed E-state index contributed by atoms with van der Waals surface area (Å²) in [6.07, 6.45) is 2.32. The summed E-state index contributed by atoms with van der Waals surface area (Å²) in [7, 11) is -3.75. The lowest BCUT2D eigenvalue weighted by Crippen LogP contribution is -2.38. The summed E-state index contributed by atoms with van der Waals surface area (Å²) in [5.41, 5.74) is -0.646. The molecule has 0 aromatic heterocycles. The van der Waals surface area contributed by atoms with Crippen LogP contribution in [0.25, 0.3) is 0 Å². The zero-order valence-electron chi connectivity index (χ0n) is 13.7. The summed E-state index contributed by atoms with van der Waals surface area (Å²) in [5.74, 6) is -2.48. The number of amides is 1. The fraction of sp³-hybridized carbons (Fsp3) is 0.467. The van der Waals surface area contributed by atoms with Crippen LogP contribution in [0.3, 0.4) is 0 Å². The van der Waals surface area contributed by atoms with E-state index in [0.29, 0.717) is 12.8 Å². The molecular weight excluding hydrogens is 352 g/mol. The number of non-ortho nitro benzene ring substituents is 1. The zero-order chi connectivity index (χ0) is 18.9. The molecule has 1 amide bonds. The van der Waals surface area contributed by atoms with E-state index in [1.165, 1.54) is 11.8 Å². The molecule has 1 unspecified atom stereocenters. The molecule has 1 aromatic rings. The van der Waals surface area contributed by atoms with Crippen molar-refractivity contribution in [1.82, 2.24) is 4.90 Å². The molecule has 0 heterocycles. The maximum atomic E-state index is 12.8. The number of hydrogen-bond donors (Lipinski definition) is 1. The second-order valence-electron chi connectivity index (χ2n) is 6.17. The molecule has 1 aliphatic carbocycles. The number of nitro groups is 1. The summed E-state index contributed by atoms with van der Waals surface area (Å²) < 4.78 is 23.5. The van der Waals surface area contributed by atoms with Crippen molar-refractivity contribution in [3.63, 3.8) is 0 Å². The standard InChI is InChI=1S/C15H18N2O7S/c1-9(15(19)20)8-16(11-3-4-11)14(18)10-5-12(17(21)22)7-13(6-10)25(2,23)24/h5-7,9,11H,3-4,8H2,1-2H3,(H,19,20). The first-order valence-corrected chi connectivity index (χ1v) is 9.43. The lowest BCUT2D eigenvalue weighted by Gasteiger charge is -2.24. The second kappa shape index (κ2) is 6.79. The van der Waals surface area contributed by atoms with Gasteiger partial charge in [-0.25, -0.2) is 8.42 Å². The maximum absolute atomic E-state index is 12.8. The van der Waals surface area contributed by atoms with Gasteiger partial charge in [-0.1, -0.05) is 6.92 Å². The molecule has 1 aliphatic rings. The average Bonchev–Trinajstić information content (AvgIpc) is 3.34. The minimum atomic E-state index is -3.75. The molecule has 1 N–H and O–H groups in total. The largest absolute Gasteiger partial charge is 0.481 e. The summed E-state index contributed by atoms with van der Waals surface area (Å²) >= 11 is 0. The van der Waals surface area contributed by atoms with Crippen LogP contribution in [-0.2, 0) is 14.6 Å². The number of aliphatic carboxylic acids is 1. The third kappa shape index (κ3) is 4.53. The summed E-state index contributed by atoms with van der Waals surface area (Å²) in [6, 6.07) is 2.87. The molecule has 2 rings (SSSR count). The molecule has 0 aliphatic heterocycles. The maximum Gasteiger partial charge on any atom is 0.308 e. The van der Waals surface area contributed by atoms with Gasteiger partial charge < -0.3 is 10.0 Å². The van der Waals surface area contributed by atoms with Crippen molar-refractivity contribution in [2.24, 2.45) is 5.92 Å². The molecule has 1 fully saturated rings. The highest BCUT2D eigenvalue weighted by molar-refractivity contribution is 7.90. The van der Waals surface area contributed by atoms with Gasteiger partial charge in [-0.15, -0.1) is 0 Å². The number of rotatable bonds is 7. The van der Waals surface area contributed by atoms with Crippen molar-refractivity contribution in [3.8, 4) is 0 Å². The van der Waals surface area contributed by atoms with E-state index >= 15 is 0 Å². The highest BCUT2D eigenvalue weighted by Gasteiger charge is 2.35. The van der Waals surface area contributed by atoms with Gasteiger partial charge in [-0.3, -0.25) is 19.7 Å². The normalized spacial score (nSPS) is 15.4. The summed E-state index contributed by atoms with van der Waals surface area (Å²) in [4.78, 5) is 35.1.